The van der Waals surface area contributed by atoms with Gasteiger partial charge < -0.3 is 9.73 Å². The summed E-state index contributed by atoms with van der Waals surface area (Å²) in [5, 5.41) is 4.89. The van der Waals surface area contributed by atoms with Gasteiger partial charge in [-0.15, -0.1) is 11.3 Å². The molecule has 0 saturated heterocycles. The van der Waals surface area contributed by atoms with Gasteiger partial charge in [0.2, 0.25) is 5.91 Å². The monoisotopic (exact) mass is 324 g/mol. The summed E-state index contributed by atoms with van der Waals surface area (Å²) in [4.78, 5) is 17.4. The summed E-state index contributed by atoms with van der Waals surface area (Å²) >= 11 is 1.59. The summed E-state index contributed by atoms with van der Waals surface area (Å²) in [7, 11) is 0. The van der Waals surface area contributed by atoms with E-state index >= 15 is 0 Å². The molecule has 0 unspecified atom stereocenters. The van der Waals surface area contributed by atoms with Crippen LogP contribution in [0.25, 0.3) is 11.3 Å². The second-order valence-electron chi connectivity index (χ2n) is 5.72. The molecule has 116 valence electrons. The van der Waals surface area contributed by atoms with Crippen molar-refractivity contribution in [1.82, 2.24) is 4.98 Å². The number of oxazole rings is 1. The lowest BCUT2D eigenvalue weighted by Crippen LogP contribution is -2.13. The van der Waals surface area contributed by atoms with E-state index in [1.165, 1.54) is 12.8 Å². The minimum atomic E-state index is -0.00381. The summed E-state index contributed by atoms with van der Waals surface area (Å²) in [6.07, 6.45) is 4.54. The maximum atomic E-state index is 12.0. The maximum Gasteiger partial charge on any atom is 0.229 e. The first kappa shape index (κ1) is 14.2. The molecule has 1 N–H and O–H groups in total. The molecule has 1 amide bonds. The summed E-state index contributed by atoms with van der Waals surface area (Å²) in [6.45, 7) is 0. The molecule has 1 aromatic carbocycles. The first-order valence-corrected chi connectivity index (χ1v) is 8.54. The lowest BCUT2D eigenvalue weighted by Gasteiger charge is -2.05. The third kappa shape index (κ3) is 3.35. The van der Waals surface area contributed by atoms with Crippen LogP contribution in [-0.2, 0) is 11.2 Å². The minimum absolute atomic E-state index is 0.00381. The number of nitrogens with zero attached hydrogens (tertiary/aromatic N) is 1. The fraction of sp³-hybridized carbons (Fsp3) is 0.222. The third-order valence-electron chi connectivity index (χ3n) is 3.82. The third-order valence-corrected chi connectivity index (χ3v) is 4.69. The van der Waals surface area contributed by atoms with Gasteiger partial charge in [-0.3, -0.25) is 4.79 Å². The Kier molecular flexibility index (Phi) is 3.71. The van der Waals surface area contributed by atoms with Gasteiger partial charge in [-0.1, -0.05) is 6.07 Å². The van der Waals surface area contributed by atoms with Crippen LogP contribution in [0.15, 0.2) is 52.4 Å². The molecular formula is C18H16N2O2S. The topological polar surface area (TPSA) is 55.1 Å². The molecular weight excluding hydrogens is 308 g/mol. The van der Waals surface area contributed by atoms with E-state index in [4.69, 9.17) is 4.42 Å². The number of thiophene rings is 1. The average Bonchev–Trinajstić information content (AvgIpc) is 3.07. The average molecular weight is 324 g/mol. The Morgan fingerprint density at radius 3 is 2.78 bits per heavy atom. The number of carbonyl (C=O) groups is 1. The van der Waals surface area contributed by atoms with Crippen molar-refractivity contribution in [2.45, 2.75) is 25.2 Å². The molecule has 1 aliphatic rings. The number of rotatable bonds is 5. The Balaban J connectivity index is 1.41. The van der Waals surface area contributed by atoms with Gasteiger partial charge in [0.25, 0.3) is 0 Å². The molecule has 5 heteroatoms. The standard InChI is InChI=1S/C18H16N2O2S/c21-17(10-15-2-1-9-23-15)20-14-7-5-12(6-8-14)16-11-19-18(22-16)13-3-4-13/h1-2,5-9,11,13H,3-4,10H2,(H,20,21). The molecule has 2 aromatic heterocycles. The quantitative estimate of drug-likeness (QED) is 0.754. The number of benzene rings is 1. The van der Waals surface area contributed by atoms with Crippen LogP contribution < -0.4 is 5.32 Å². The molecule has 0 aliphatic heterocycles. The molecule has 1 saturated carbocycles. The largest absolute Gasteiger partial charge is 0.440 e. The van der Waals surface area contributed by atoms with Gasteiger partial charge >= 0.3 is 0 Å². The van der Waals surface area contributed by atoms with Crippen molar-refractivity contribution >= 4 is 22.9 Å². The van der Waals surface area contributed by atoms with Gasteiger partial charge in [-0.25, -0.2) is 4.98 Å². The van der Waals surface area contributed by atoms with Gasteiger partial charge in [-0.2, -0.15) is 0 Å². The van der Waals surface area contributed by atoms with Crippen LogP contribution in [0.3, 0.4) is 0 Å². The van der Waals surface area contributed by atoms with Crippen molar-refractivity contribution in [2.24, 2.45) is 0 Å². The minimum Gasteiger partial charge on any atom is -0.440 e. The molecule has 0 bridgehead atoms. The molecule has 1 fully saturated rings. The second kappa shape index (κ2) is 6.01. The van der Waals surface area contributed by atoms with Crippen molar-refractivity contribution in [3.05, 3.63) is 58.7 Å². The second-order valence-corrected chi connectivity index (χ2v) is 6.75. The molecule has 0 radical (unpaired) electrons. The summed E-state index contributed by atoms with van der Waals surface area (Å²) in [5.41, 5.74) is 1.76. The van der Waals surface area contributed by atoms with E-state index < -0.39 is 0 Å². The highest BCUT2D eigenvalue weighted by Gasteiger charge is 2.28. The number of amides is 1. The van der Waals surface area contributed by atoms with Crippen LogP contribution in [0.5, 0.6) is 0 Å². The zero-order valence-electron chi connectivity index (χ0n) is 12.5. The lowest BCUT2D eigenvalue weighted by molar-refractivity contribution is -0.115. The van der Waals surface area contributed by atoms with Crippen molar-refractivity contribution in [3.63, 3.8) is 0 Å². The van der Waals surface area contributed by atoms with Gasteiger partial charge in [0.1, 0.15) is 0 Å². The van der Waals surface area contributed by atoms with Crippen LogP contribution in [0.2, 0.25) is 0 Å². The van der Waals surface area contributed by atoms with E-state index in [-0.39, 0.29) is 5.91 Å². The van der Waals surface area contributed by atoms with Crippen molar-refractivity contribution in [3.8, 4) is 11.3 Å². The van der Waals surface area contributed by atoms with Crippen LogP contribution in [0, 0.1) is 0 Å². The van der Waals surface area contributed by atoms with Crippen molar-refractivity contribution in [2.75, 3.05) is 5.32 Å². The molecule has 4 rings (SSSR count). The fourth-order valence-corrected chi connectivity index (χ4v) is 3.14. The fourth-order valence-electron chi connectivity index (χ4n) is 2.43. The van der Waals surface area contributed by atoms with Crippen molar-refractivity contribution < 1.29 is 9.21 Å². The SMILES string of the molecule is O=C(Cc1cccs1)Nc1ccc(-c2cnc(C3CC3)o2)cc1. The van der Waals surface area contributed by atoms with E-state index in [1.54, 1.807) is 17.5 Å². The number of hydrogen-bond acceptors (Lipinski definition) is 4. The summed E-state index contributed by atoms with van der Waals surface area (Å²) < 4.78 is 5.79. The lowest BCUT2D eigenvalue weighted by atomic mass is 10.1. The van der Waals surface area contributed by atoms with E-state index in [1.807, 2.05) is 41.8 Å². The number of nitrogens with one attached hydrogen (secondary N) is 1. The van der Waals surface area contributed by atoms with E-state index in [0.717, 1.165) is 27.8 Å². The summed E-state index contributed by atoms with van der Waals surface area (Å²) in [6, 6.07) is 11.6. The van der Waals surface area contributed by atoms with Gasteiger partial charge in [0.05, 0.1) is 12.6 Å². The molecule has 3 aromatic rings. The maximum absolute atomic E-state index is 12.0. The Bertz CT molecular complexity index is 802. The Labute approximate surface area is 138 Å². The molecule has 0 spiro atoms. The van der Waals surface area contributed by atoms with Crippen LogP contribution >= 0.6 is 11.3 Å². The molecule has 4 nitrogen and oxygen atoms in total. The zero-order chi connectivity index (χ0) is 15.6. The van der Waals surface area contributed by atoms with E-state index in [9.17, 15) is 4.79 Å². The Hall–Kier alpha value is -2.40. The normalized spacial score (nSPS) is 13.9. The van der Waals surface area contributed by atoms with Gasteiger partial charge in [0.15, 0.2) is 11.7 Å². The van der Waals surface area contributed by atoms with Crippen LogP contribution in [0.1, 0.15) is 29.5 Å². The Morgan fingerprint density at radius 2 is 2.09 bits per heavy atom. The van der Waals surface area contributed by atoms with E-state index in [2.05, 4.69) is 10.3 Å². The predicted octanol–water partition coefficient (Wildman–Crippen LogP) is 4.46. The van der Waals surface area contributed by atoms with E-state index in [0.29, 0.717) is 12.3 Å². The number of carbonyl (C=O) groups excluding carboxylic acids is 1. The van der Waals surface area contributed by atoms with Crippen molar-refractivity contribution in [1.29, 1.82) is 0 Å². The smallest absolute Gasteiger partial charge is 0.229 e. The molecule has 0 atom stereocenters. The number of hydrogen-bond donors (Lipinski definition) is 1. The zero-order valence-corrected chi connectivity index (χ0v) is 13.3. The first-order chi connectivity index (χ1) is 11.3. The van der Waals surface area contributed by atoms with Crippen LogP contribution in [0.4, 0.5) is 5.69 Å². The first-order valence-electron chi connectivity index (χ1n) is 7.66. The summed E-state index contributed by atoms with van der Waals surface area (Å²) in [5.74, 6) is 2.13. The highest BCUT2D eigenvalue weighted by Crippen LogP contribution is 2.40. The molecule has 2 heterocycles. The Morgan fingerprint density at radius 1 is 1.26 bits per heavy atom. The number of anilines is 1. The highest BCUT2D eigenvalue weighted by molar-refractivity contribution is 7.10. The number of aromatic nitrogens is 1. The highest BCUT2D eigenvalue weighted by atomic mass is 32.1. The predicted molar refractivity (Wildman–Crippen MR) is 90.6 cm³/mol. The molecule has 23 heavy (non-hydrogen) atoms. The van der Waals surface area contributed by atoms with Gasteiger partial charge in [-0.05, 0) is 48.6 Å². The molecule has 1 aliphatic carbocycles. The van der Waals surface area contributed by atoms with Gasteiger partial charge in [0, 0.05) is 22.0 Å². The van der Waals surface area contributed by atoms with Crippen LogP contribution in [-0.4, -0.2) is 10.9 Å².